The molecule has 152 valence electrons. The Balaban J connectivity index is 1.87. The van der Waals surface area contributed by atoms with Crippen molar-refractivity contribution in [3.8, 4) is 17.3 Å². The van der Waals surface area contributed by atoms with Crippen molar-refractivity contribution in [3.05, 3.63) is 52.5 Å². The fraction of sp³-hybridized carbons (Fsp3) is 0.316. The molecule has 0 aromatic carbocycles. The maximum atomic E-state index is 12.3. The van der Waals surface area contributed by atoms with Crippen LogP contribution in [0.1, 0.15) is 32.2 Å². The van der Waals surface area contributed by atoms with Crippen molar-refractivity contribution >= 4 is 11.7 Å². The number of aryl methyl sites for hydroxylation is 1. The highest BCUT2D eigenvalue weighted by molar-refractivity contribution is 5.87. The van der Waals surface area contributed by atoms with E-state index in [1.807, 2.05) is 6.92 Å². The van der Waals surface area contributed by atoms with Crippen LogP contribution in [-0.4, -0.2) is 37.7 Å². The van der Waals surface area contributed by atoms with E-state index in [1.165, 1.54) is 24.0 Å². The first-order valence-corrected chi connectivity index (χ1v) is 8.83. The van der Waals surface area contributed by atoms with E-state index in [0.717, 1.165) is 5.56 Å². The summed E-state index contributed by atoms with van der Waals surface area (Å²) in [6, 6.07) is 4.96. The summed E-state index contributed by atoms with van der Waals surface area (Å²) < 4.78 is 12.4. The normalized spacial score (nSPS) is 11.3. The van der Waals surface area contributed by atoms with E-state index in [-0.39, 0.29) is 5.91 Å². The summed E-state index contributed by atoms with van der Waals surface area (Å²) >= 11 is 0. The molecule has 0 aliphatic carbocycles. The second-order valence-electron chi connectivity index (χ2n) is 6.87. The van der Waals surface area contributed by atoms with E-state index < -0.39 is 11.3 Å². The molecular formula is C19H22N6O4. The van der Waals surface area contributed by atoms with Gasteiger partial charge in [0.2, 0.25) is 5.91 Å². The predicted octanol–water partition coefficient (Wildman–Crippen LogP) is 2.29. The average Bonchev–Trinajstić information content (AvgIpc) is 3.06. The second kappa shape index (κ2) is 7.84. The van der Waals surface area contributed by atoms with E-state index >= 15 is 0 Å². The number of hydrogen-bond acceptors (Lipinski definition) is 7. The zero-order chi connectivity index (χ0) is 21.2. The van der Waals surface area contributed by atoms with Gasteiger partial charge in [-0.2, -0.15) is 4.68 Å². The maximum Gasteiger partial charge on any atom is 0.349 e. The van der Waals surface area contributed by atoms with Crippen LogP contribution in [0.4, 0.5) is 5.82 Å². The van der Waals surface area contributed by atoms with Gasteiger partial charge >= 0.3 is 5.69 Å². The lowest BCUT2D eigenvalue weighted by molar-refractivity contribution is -0.114. The minimum absolute atomic E-state index is 0.225. The molecule has 0 fully saturated rings. The topological polar surface area (TPSA) is 124 Å². The van der Waals surface area contributed by atoms with Crippen molar-refractivity contribution in [2.24, 2.45) is 0 Å². The summed E-state index contributed by atoms with van der Waals surface area (Å²) in [6.45, 7) is 6.83. The van der Waals surface area contributed by atoms with Crippen LogP contribution in [0, 0.1) is 6.92 Å². The van der Waals surface area contributed by atoms with Crippen molar-refractivity contribution < 1.29 is 14.3 Å². The number of amides is 1. The molecular weight excluding hydrogens is 376 g/mol. The lowest BCUT2D eigenvalue weighted by Crippen LogP contribution is -2.22. The number of aromatic amines is 1. The molecule has 0 saturated carbocycles. The number of aromatic nitrogens is 5. The Morgan fingerprint density at radius 1 is 1.28 bits per heavy atom. The minimum Gasteiger partial charge on any atom is -0.455 e. The monoisotopic (exact) mass is 398 g/mol. The molecule has 3 aromatic heterocycles. The second-order valence-corrected chi connectivity index (χ2v) is 6.87. The third-order valence-corrected chi connectivity index (χ3v) is 4.23. The molecule has 0 spiro atoms. The van der Waals surface area contributed by atoms with Crippen LogP contribution in [-0.2, 0) is 15.1 Å². The van der Waals surface area contributed by atoms with Gasteiger partial charge in [0.25, 0.3) is 0 Å². The van der Waals surface area contributed by atoms with Gasteiger partial charge in [-0.25, -0.2) is 14.8 Å². The molecule has 10 nitrogen and oxygen atoms in total. The molecule has 0 aliphatic heterocycles. The Hall–Kier alpha value is -3.53. The molecule has 10 heteroatoms. The summed E-state index contributed by atoms with van der Waals surface area (Å²) in [7, 11) is 1.54. The van der Waals surface area contributed by atoms with Crippen molar-refractivity contribution in [1.29, 1.82) is 0 Å². The Kier molecular flexibility index (Phi) is 5.46. The van der Waals surface area contributed by atoms with Gasteiger partial charge < -0.3 is 14.8 Å². The van der Waals surface area contributed by atoms with E-state index in [2.05, 4.69) is 25.4 Å². The summed E-state index contributed by atoms with van der Waals surface area (Å²) in [4.78, 5) is 34.5. The van der Waals surface area contributed by atoms with Crippen LogP contribution in [0.2, 0.25) is 0 Å². The number of H-pyrrole nitrogens is 1. The Morgan fingerprint density at radius 2 is 2.03 bits per heavy atom. The van der Waals surface area contributed by atoms with E-state index in [9.17, 15) is 9.59 Å². The quantitative estimate of drug-likeness (QED) is 0.653. The molecule has 1 amide bonds. The molecule has 2 N–H and O–H groups in total. The van der Waals surface area contributed by atoms with Gasteiger partial charge in [-0.15, -0.1) is 5.10 Å². The first-order chi connectivity index (χ1) is 13.7. The molecule has 0 aliphatic rings. The number of nitrogens with zero attached hydrogens (tertiary/aromatic N) is 4. The Morgan fingerprint density at radius 3 is 2.69 bits per heavy atom. The van der Waals surface area contributed by atoms with Crippen molar-refractivity contribution in [3.63, 3.8) is 0 Å². The third kappa shape index (κ3) is 4.49. The molecule has 0 bridgehead atoms. The van der Waals surface area contributed by atoms with Gasteiger partial charge in [0.1, 0.15) is 22.9 Å². The first kappa shape index (κ1) is 20.2. The van der Waals surface area contributed by atoms with Gasteiger partial charge in [-0.1, -0.05) is 0 Å². The SMILES string of the molecule is COC(C)(C)c1nn(-c2cc(C)c(Oc3ccnc(NC(C)=O)c3)cn2)c(=O)[nH]1. The van der Waals surface area contributed by atoms with E-state index in [4.69, 9.17) is 9.47 Å². The number of pyridine rings is 2. The van der Waals surface area contributed by atoms with Crippen molar-refractivity contribution in [2.45, 2.75) is 33.3 Å². The highest BCUT2D eigenvalue weighted by Crippen LogP contribution is 2.26. The number of rotatable bonds is 6. The average molecular weight is 398 g/mol. The van der Waals surface area contributed by atoms with E-state index in [1.54, 1.807) is 39.2 Å². The Labute approximate surface area is 166 Å². The fourth-order valence-corrected chi connectivity index (χ4v) is 2.45. The number of carbonyl (C=O) groups is 1. The number of hydrogen-bond donors (Lipinski definition) is 2. The van der Waals surface area contributed by atoms with Crippen LogP contribution in [0.15, 0.2) is 35.4 Å². The lowest BCUT2D eigenvalue weighted by atomic mass is 10.1. The van der Waals surface area contributed by atoms with Gasteiger partial charge in [0.05, 0.1) is 6.20 Å². The standard InChI is InChI=1S/C19H22N6O4/c1-11-8-16(25-18(27)23-17(24-25)19(3,4)28-5)21-10-14(11)29-13-6-7-20-15(9-13)22-12(2)26/h6-10H,1-5H3,(H,20,22,26)(H,23,24,27). The highest BCUT2D eigenvalue weighted by atomic mass is 16.5. The maximum absolute atomic E-state index is 12.3. The number of ether oxygens (including phenoxy) is 2. The number of anilines is 1. The highest BCUT2D eigenvalue weighted by Gasteiger charge is 2.25. The zero-order valence-corrected chi connectivity index (χ0v) is 16.8. The molecule has 0 saturated heterocycles. The van der Waals surface area contributed by atoms with Crippen LogP contribution >= 0.6 is 0 Å². The molecule has 3 heterocycles. The summed E-state index contributed by atoms with van der Waals surface area (Å²) in [5, 5.41) is 6.88. The smallest absolute Gasteiger partial charge is 0.349 e. The molecule has 3 aromatic rings. The van der Waals surface area contributed by atoms with Gasteiger partial charge in [0.15, 0.2) is 11.6 Å². The van der Waals surface area contributed by atoms with Gasteiger partial charge in [-0.05, 0) is 38.5 Å². The molecule has 3 rings (SSSR count). The first-order valence-electron chi connectivity index (χ1n) is 8.83. The molecule has 29 heavy (non-hydrogen) atoms. The summed E-state index contributed by atoms with van der Waals surface area (Å²) in [6.07, 6.45) is 3.03. The van der Waals surface area contributed by atoms with E-state index in [0.29, 0.717) is 29.0 Å². The number of methoxy groups -OCH3 is 1. The Bertz CT molecular complexity index is 1100. The van der Waals surface area contributed by atoms with Crippen LogP contribution < -0.4 is 15.7 Å². The molecule has 0 unspecified atom stereocenters. The number of nitrogens with one attached hydrogen (secondary N) is 2. The third-order valence-electron chi connectivity index (χ3n) is 4.23. The predicted molar refractivity (Wildman–Crippen MR) is 105 cm³/mol. The zero-order valence-electron chi connectivity index (χ0n) is 16.8. The van der Waals surface area contributed by atoms with Crippen LogP contribution in [0.5, 0.6) is 11.5 Å². The summed E-state index contributed by atoms with van der Waals surface area (Å²) in [5.74, 6) is 1.89. The molecule has 0 radical (unpaired) electrons. The van der Waals surface area contributed by atoms with Crippen LogP contribution in [0.3, 0.4) is 0 Å². The van der Waals surface area contributed by atoms with Crippen molar-refractivity contribution in [2.75, 3.05) is 12.4 Å². The number of carbonyl (C=O) groups excluding carboxylic acids is 1. The van der Waals surface area contributed by atoms with Crippen molar-refractivity contribution in [1.82, 2.24) is 24.7 Å². The fourth-order valence-electron chi connectivity index (χ4n) is 2.45. The largest absolute Gasteiger partial charge is 0.455 e. The molecule has 0 atom stereocenters. The summed E-state index contributed by atoms with van der Waals surface area (Å²) in [5.41, 5.74) is -0.412. The van der Waals surface area contributed by atoms with Gasteiger partial charge in [0, 0.05) is 26.3 Å². The van der Waals surface area contributed by atoms with Gasteiger partial charge in [-0.3, -0.25) is 9.78 Å². The lowest BCUT2D eigenvalue weighted by Gasteiger charge is -2.18. The minimum atomic E-state index is -0.741. The van der Waals surface area contributed by atoms with Crippen LogP contribution in [0.25, 0.3) is 5.82 Å².